The van der Waals surface area contributed by atoms with Crippen molar-refractivity contribution in [1.29, 1.82) is 0 Å². The molecule has 1 aromatic heterocycles. The number of benzene rings is 1. The molecule has 1 aromatic carbocycles. The van der Waals surface area contributed by atoms with E-state index in [-0.39, 0.29) is 23.1 Å². The standard InChI is InChI=1S/C21H27FN2O5S/c1-13(2)11-24(30(27,28)17-9-7-16(22)8-10-17)12-18(25)19-14(3)20(21(26)29-6)23(5)15(19)4/h7-10,13H,11-12H2,1-6H3. The first-order valence-electron chi connectivity index (χ1n) is 9.44. The molecule has 7 nitrogen and oxygen atoms in total. The number of rotatable bonds is 8. The number of carbonyl (C=O) groups excluding carboxylic acids is 2. The minimum atomic E-state index is -4.02. The van der Waals surface area contributed by atoms with Crippen LogP contribution >= 0.6 is 0 Å². The lowest BCUT2D eigenvalue weighted by Crippen LogP contribution is -2.38. The SMILES string of the molecule is COC(=O)c1c(C)c(C(=O)CN(CC(C)C)S(=O)(=O)c2ccc(F)cc2)c(C)n1C. The minimum absolute atomic E-state index is 0.0448. The Labute approximate surface area is 176 Å². The van der Waals surface area contributed by atoms with Gasteiger partial charge in [-0.3, -0.25) is 4.79 Å². The number of nitrogens with zero attached hydrogens (tertiary/aromatic N) is 2. The molecule has 0 bridgehead atoms. The highest BCUT2D eigenvalue weighted by Crippen LogP contribution is 2.24. The van der Waals surface area contributed by atoms with Gasteiger partial charge in [-0.25, -0.2) is 17.6 Å². The van der Waals surface area contributed by atoms with Gasteiger partial charge in [0.1, 0.15) is 11.5 Å². The summed E-state index contributed by atoms with van der Waals surface area (Å²) in [5.74, 6) is -1.60. The molecule has 0 saturated carbocycles. The smallest absolute Gasteiger partial charge is 0.354 e. The molecule has 0 amide bonds. The van der Waals surface area contributed by atoms with E-state index in [1.54, 1.807) is 25.5 Å². The van der Waals surface area contributed by atoms with E-state index in [2.05, 4.69) is 0 Å². The van der Waals surface area contributed by atoms with Crippen LogP contribution in [-0.4, -0.2) is 49.2 Å². The second-order valence-corrected chi connectivity index (χ2v) is 9.49. The zero-order valence-electron chi connectivity index (χ0n) is 18.0. The van der Waals surface area contributed by atoms with Gasteiger partial charge in [-0.1, -0.05) is 13.8 Å². The third kappa shape index (κ3) is 4.62. The molecular formula is C21H27FN2O5S. The monoisotopic (exact) mass is 438 g/mol. The molecule has 0 aliphatic rings. The molecule has 0 saturated heterocycles. The van der Waals surface area contributed by atoms with Crippen LogP contribution in [0.1, 0.15) is 46.0 Å². The summed E-state index contributed by atoms with van der Waals surface area (Å²) < 4.78 is 46.9. The van der Waals surface area contributed by atoms with Crippen LogP contribution in [0.5, 0.6) is 0 Å². The Bertz CT molecular complexity index is 1060. The van der Waals surface area contributed by atoms with E-state index < -0.39 is 34.1 Å². The first kappa shape index (κ1) is 23.8. The lowest BCUT2D eigenvalue weighted by Gasteiger charge is -2.23. The lowest BCUT2D eigenvalue weighted by atomic mass is 10.1. The van der Waals surface area contributed by atoms with Crippen LogP contribution in [0.3, 0.4) is 0 Å². The highest BCUT2D eigenvalue weighted by molar-refractivity contribution is 7.89. The van der Waals surface area contributed by atoms with Gasteiger partial charge in [0.25, 0.3) is 0 Å². The maximum absolute atomic E-state index is 13.2. The number of aromatic nitrogens is 1. The van der Waals surface area contributed by atoms with Crippen LogP contribution in [-0.2, 0) is 21.8 Å². The van der Waals surface area contributed by atoms with Gasteiger partial charge in [0.15, 0.2) is 5.78 Å². The summed E-state index contributed by atoms with van der Waals surface area (Å²) >= 11 is 0. The number of hydrogen-bond acceptors (Lipinski definition) is 5. The average molecular weight is 439 g/mol. The van der Waals surface area contributed by atoms with Crippen LogP contribution in [0.15, 0.2) is 29.2 Å². The molecule has 0 unspecified atom stereocenters. The Balaban J connectivity index is 2.46. The van der Waals surface area contributed by atoms with E-state index in [0.717, 1.165) is 16.4 Å². The van der Waals surface area contributed by atoms with Crippen molar-refractivity contribution >= 4 is 21.8 Å². The van der Waals surface area contributed by atoms with Gasteiger partial charge >= 0.3 is 5.97 Å². The third-order valence-corrected chi connectivity index (χ3v) is 6.75. The topological polar surface area (TPSA) is 85.7 Å². The van der Waals surface area contributed by atoms with E-state index in [4.69, 9.17) is 4.74 Å². The van der Waals surface area contributed by atoms with Crippen molar-refractivity contribution in [2.75, 3.05) is 20.2 Å². The lowest BCUT2D eigenvalue weighted by molar-refractivity contribution is 0.0588. The van der Waals surface area contributed by atoms with Crippen molar-refractivity contribution in [3.63, 3.8) is 0 Å². The quantitative estimate of drug-likeness (QED) is 0.467. The highest BCUT2D eigenvalue weighted by Gasteiger charge is 2.31. The fraction of sp³-hybridized carbons (Fsp3) is 0.429. The average Bonchev–Trinajstić information content (AvgIpc) is 2.89. The van der Waals surface area contributed by atoms with Crippen LogP contribution in [0.25, 0.3) is 0 Å². The maximum atomic E-state index is 13.2. The predicted molar refractivity (Wildman–Crippen MR) is 111 cm³/mol. The summed E-state index contributed by atoms with van der Waals surface area (Å²) in [4.78, 5) is 25.2. The van der Waals surface area contributed by atoms with E-state index in [1.165, 1.54) is 19.2 Å². The fourth-order valence-electron chi connectivity index (χ4n) is 3.42. The molecule has 9 heteroatoms. The van der Waals surface area contributed by atoms with Gasteiger partial charge in [0, 0.05) is 24.8 Å². The Morgan fingerprint density at radius 1 is 1.17 bits per heavy atom. The minimum Gasteiger partial charge on any atom is -0.464 e. The van der Waals surface area contributed by atoms with Gasteiger partial charge in [0.2, 0.25) is 10.0 Å². The van der Waals surface area contributed by atoms with E-state index in [9.17, 15) is 22.4 Å². The molecule has 164 valence electrons. The number of ketones is 1. The largest absolute Gasteiger partial charge is 0.464 e. The van der Waals surface area contributed by atoms with Gasteiger partial charge in [-0.2, -0.15) is 4.31 Å². The van der Waals surface area contributed by atoms with E-state index >= 15 is 0 Å². The zero-order valence-corrected chi connectivity index (χ0v) is 18.8. The predicted octanol–water partition coefficient (Wildman–Crippen LogP) is 3.10. The number of Topliss-reactive ketones (excluding diaryl/α,β-unsaturated/α-hetero) is 1. The molecule has 1 heterocycles. The van der Waals surface area contributed by atoms with Gasteiger partial charge in [-0.05, 0) is 49.6 Å². The number of methoxy groups -OCH3 is 1. The number of halogens is 1. The summed E-state index contributed by atoms with van der Waals surface area (Å²) in [5, 5.41) is 0. The first-order chi connectivity index (χ1) is 13.9. The van der Waals surface area contributed by atoms with Gasteiger partial charge in [-0.15, -0.1) is 0 Å². The zero-order chi connectivity index (χ0) is 22.8. The summed E-state index contributed by atoms with van der Waals surface area (Å²) in [6.45, 7) is 6.71. The fourth-order valence-corrected chi connectivity index (χ4v) is 4.98. The van der Waals surface area contributed by atoms with Crippen molar-refractivity contribution in [1.82, 2.24) is 8.87 Å². The Kier molecular flexibility index (Phi) is 7.20. The van der Waals surface area contributed by atoms with Crippen LogP contribution in [0.2, 0.25) is 0 Å². The van der Waals surface area contributed by atoms with Crippen LogP contribution < -0.4 is 0 Å². The van der Waals surface area contributed by atoms with E-state index in [1.807, 2.05) is 13.8 Å². The molecule has 0 spiro atoms. The third-order valence-electron chi connectivity index (χ3n) is 4.93. The Hall–Kier alpha value is -2.52. The van der Waals surface area contributed by atoms with E-state index in [0.29, 0.717) is 16.8 Å². The highest BCUT2D eigenvalue weighted by atomic mass is 32.2. The molecule has 2 aromatic rings. The summed E-state index contributed by atoms with van der Waals surface area (Å²) in [5.41, 5.74) is 1.52. The maximum Gasteiger partial charge on any atom is 0.354 e. The van der Waals surface area contributed by atoms with Gasteiger partial charge < -0.3 is 9.30 Å². The van der Waals surface area contributed by atoms with Crippen molar-refractivity contribution < 1.29 is 27.1 Å². The van der Waals surface area contributed by atoms with Crippen molar-refractivity contribution in [3.05, 3.63) is 52.6 Å². The molecule has 30 heavy (non-hydrogen) atoms. The van der Waals surface area contributed by atoms with Crippen molar-refractivity contribution in [3.8, 4) is 0 Å². The Morgan fingerprint density at radius 2 is 1.73 bits per heavy atom. The van der Waals surface area contributed by atoms with Crippen LogP contribution in [0, 0.1) is 25.6 Å². The molecule has 0 fully saturated rings. The Morgan fingerprint density at radius 3 is 2.23 bits per heavy atom. The number of esters is 1. The molecule has 0 aliphatic heterocycles. The molecule has 2 rings (SSSR count). The molecule has 0 N–H and O–H groups in total. The second-order valence-electron chi connectivity index (χ2n) is 7.55. The van der Waals surface area contributed by atoms with Gasteiger partial charge in [0.05, 0.1) is 18.6 Å². The molecule has 0 radical (unpaired) electrons. The molecular weight excluding hydrogens is 411 g/mol. The number of carbonyl (C=O) groups is 2. The van der Waals surface area contributed by atoms with Crippen molar-refractivity contribution in [2.45, 2.75) is 32.6 Å². The second kappa shape index (κ2) is 9.09. The first-order valence-corrected chi connectivity index (χ1v) is 10.9. The molecule has 0 aliphatic carbocycles. The number of ether oxygens (including phenoxy) is 1. The number of sulfonamides is 1. The van der Waals surface area contributed by atoms with Crippen LogP contribution in [0.4, 0.5) is 4.39 Å². The molecule has 0 atom stereocenters. The number of hydrogen-bond donors (Lipinski definition) is 0. The van der Waals surface area contributed by atoms with Crippen molar-refractivity contribution in [2.24, 2.45) is 13.0 Å². The summed E-state index contributed by atoms with van der Waals surface area (Å²) in [6, 6.07) is 4.49. The summed E-state index contributed by atoms with van der Waals surface area (Å²) in [6.07, 6.45) is 0. The normalized spacial score (nSPS) is 11.9. The summed E-state index contributed by atoms with van der Waals surface area (Å²) in [7, 11) is -1.12.